The highest BCUT2D eigenvalue weighted by atomic mass is 32.1. The third-order valence-electron chi connectivity index (χ3n) is 3.56. The van der Waals surface area contributed by atoms with Crippen molar-refractivity contribution in [1.29, 1.82) is 0 Å². The molecule has 0 spiro atoms. The molecule has 4 heteroatoms. The van der Waals surface area contributed by atoms with E-state index in [4.69, 9.17) is 4.98 Å². The number of anilines is 1. The molecule has 1 aromatic rings. The molecular formula is C15H27N3S. The first-order chi connectivity index (χ1) is 9.20. The Kier molecular flexibility index (Phi) is 5.64. The number of aromatic nitrogens is 1. The molecule has 0 amide bonds. The summed E-state index contributed by atoms with van der Waals surface area (Å²) in [6.07, 6.45) is 6.53. The van der Waals surface area contributed by atoms with Crippen molar-refractivity contribution in [2.75, 3.05) is 11.4 Å². The first-order valence-electron chi connectivity index (χ1n) is 7.65. The van der Waals surface area contributed by atoms with Gasteiger partial charge >= 0.3 is 0 Å². The quantitative estimate of drug-likeness (QED) is 0.698. The maximum Gasteiger partial charge on any atom is 0.185 e. The number of rotatable bonds is 9. The zero-order chi connectivity index (χ0) is 13.7. The standard InChI is InChI=1S/C15H27N3S/c1-4-5-6-9-18(12(2)3)15-17-14(11-19-15)10-16-13-7-8-13/h11-13,16H,4-10H2,1-3H3. The first kappa shape index (κ1) is 14.8. The van der Waals surface area contributed by atoms with Gasteiger partial charge in [-0.05, 0) is 33.1 Å². The minimum atomic E-state index is 0.534. The predicted octanol–water partition coefficient (Wildman–Crippen LogP) is 3.80. The second kappa shape index (κ2) is 7.25. The molecule has 3 nitrogen and oxygen atoms in total. The van der Waals surface area contributed by atoms with Crippen molar-refractivity contribution >= 4 is 16.5 Å². The maximum absolute atomic E-state index is 4.79. The van der Waals surface area contributed by atoms with Gasteiger partial charge in [0.1, 0.15) is 0 Å². The van der Waals surface area contributed by atoms with Crippen LogP contribution in [0, 0.1) is 0 Å². The van der Waals surface area contributed by atoms with Gasteiger partial charge in [0.15, 0.2) is 5.13 Å². The van der Waals surface area contributed by atoms with Crippen LogP contribution >= 0.6 is 11.3 Å². The maximum atomic E-state index is 4.79. The molecule has 0 saturated heterocycles. The minimum absolute atomic E-state index is 0.534. The molecule has 19 heavy (non-hydrogen) atoms. The topological polar surface area (TPSA) is 28.2 Å². The van der Waals surface area contributed by atoms with Crippen LogP contribution in [0.5, 0.6) is 0 Å². The lowest BCUT2D eigenvalue weighted by atomic mass is 10.2. The number of nitrogens with zero attached hydrogens (tertiary/aromatic N) is 2. The van der Waals surface area contributed by atoms with E-state index in [1.54, 1.807) is 11.3 Å². The largest absolute Gasteiger partial charge is 0.346 e. The van der Waals surface area contributed by atoms with Crippen molar-refractivity contribution < 1.29 is 0 Å². The van der Waals surface area contributed by atoms with Crippen LogP contribution in [-0.2, 0) is 6.54 Å². The molecule has 108 valence electrons. The van der Waals surface area contributed by atoms with Crippen LogP contribution in [0.3, 0.4) is 0 Å². The van der Waals surface area contributed by atoms with Gasteiger partial charge < -0.3 is 10.2 Å². The highest BCUT2D eigenvalue weighted by Crippen LogP contribution is 2.24. The molecule has 0 atom stereocenters. The second-order valence-electron chi connectivity index (χ2n) is 5.77. The summed E-state index contributed by atoms with van der Waals surface area (Å²) >= 11 is 1.79. The highest BCUT2D eigenvalue weighted by Gasteiger charge is 2.21. The van der Waals surface area contributed by atoms with Crippen LogP contribution in [0.2, 0.25) is 0 Å². The van der Waals surface area contributed by atoms with E-state index < -0.39 is 0 Å². The Labute approximate surface area is 121 Å². The van der Waals surface area contributed by atoms with Crippen molar-refractivity contribution in [2.24, 2.45) is 0 Å². The molecule has 0 unspecified atom stereocenters. The fraction of sp³-hybridized carbons (Fsp3) is 0.800. The van der Waals surface area contributed by atoms with Gasteiger partial charge in [0.2, 0.25) is 0 Å². The Hall–Kier alpha value is -0.610. The van der Waals surface area contributed by atoms with Gasteiger partial charge in [-0.15, -0.1) is 11.3 Å². The van der Waals surface area contributed by atoms with E-state index in [0.717, 1.165) is 19.1 Å². The molecule has 0 bridgehead atoms. The Balaban J connectivity index is 1.88. The fourth-order valence-corrected chi connectivity index (χ4v) is 3.14. The van der Waals surface area contributed by atoms with Gasteiger partial charge in [0, 0.05) is 30.6 Å². The van der Waals surface area contributed by atoms with Gasteiger partial charge in [0.05, 0.1) is 5.69 Å². The van der Waals surface area contributed by atoms with E-state index in [2.05, 4.69) is 36.4 Å². The van der Waals surface area contributed by atoms with Crippen molar-refractivity contribution in [3.8, 4) is 0 Å². The molecule has 1 saturated carbocycles. The lowest BCUT2D eigenvalue weighted by Gasteiger charge is -2.26. The van der Waals surface area contributed by atoms with Crippen molar-refractivity contribution in [3.63, 3.8) is 0 Å². The van der Waals surface area contributed by atoms with Crippen LogP contribution in [-0.4, -0.2) is 23.6 Å². The van der Waals surface area contributed by atoms with Gasteiger partial charge in [0.25, 0.3) is 0 Å². The predicted molar refractivity (Wildman–Crippen MR) is 84.0 cm³/mol. The Morgan fingerprint density at radius 3 is 2.84 bits per heavy atom. The van der Waals surface area contributed by atoms with Gasteiger partial charge in [-0.25, -0.2) is 4.98 Å². The van der Waals surface area contributed by atoms with Crippen molar-refractivity contribution in [2.45, 2.75) is 71.5 Å². The van der Waals surface area contributed by atoms with E-state index in [9.17, 15) is 0 Å². The summed E-state index contributed by atoms with van der Waals surface area (Å²) in [6.45, 7) is 8.84. The normalized spacial score (nSPS) is 15.2. The van der Waals surface area contributed by atoms with E-state index in [1.807, 2.05) is 0 Å². The molecule has 0 radical (unpaired) electrons. The number of hydrogen-bond donors (Lipinski definition) is 1. The third kappa shape index (κ3) is 4.77. The summed E-state index contributed by atoms with van der Waals surface area (Å²) in [5.41, 5.74) is 1.20. The first-order valence-corrected chi connectivity index (χ1v) is 8.53. The SMILES string of the molecule is CCCCCN(c1nc(CNC2CC2)cs1)C(C)C. The van der Waals surface area contributed by atoms with Gasteiger partial charge in [-0.2, -0.15) is 0 Å². The smallest absolute Gasteiger partial charge is 0.185 e. The molecule has 1 N–H and O–H groups in total. The van der Waals surface area contributed by atoms with Crippen LogP contribution in [0.25, 0.3) is 0 Å². The summed E-state index contributed by atoms with van der Waals surface area (Å²) in [4.78, 5) is 7.24. The lowest BCUT2D eigenvalue weighted by molar-refractivity contribution is 0.621. The molecule has 1 heterocycles. The van der Waals surface area contributed by atoms with E-state index in [1.165, 1.54) is 42.9 Å². The number of unbranched alkanes of at least 4 members (excludes halogenated alkanes) is 2. The third-order valence-corrected chi connectivity index (χ3v) is 4.49. The average molecular weight is 281 g/mol. The number of nitrogens with one attached hydrogen (secondary N) is 1. The molecule has 1 aliphatic rings. The molecule has 2 rings (SSSR count). The van der Waals surface area contributed by atoms with Gasteiger partial charge in [-0.3, -0.25) is 0 Å². The van der Waals surface area contributed by atoms with Crippen LogP contribution < -0.4 is 10.2 Å². The molecule has 0 aliphatic heterocycles. The lowest BCUT2D eigenvalue weighted by Crippen LogP contribution is -2.31. The zero-order valence-electron chi connectivity index (χ0n) is 12.5. The number of hydrogen-bond acceptors (Lipinski definition) is 4. The van der Waals surface area contributed by atoms with E-state index in [-0.39, 0.29) is 0 Å². The summed E-state index contributed by atoms with van der Waals surface area (Å²) in [5.74, 6) is 0. The van der Waals surface area contributed by atoms with Gasteiger partial charge in [-0.1, -0.05) is 19.8 Å². The second-order valence-corrected chi connectivity index (χ2v) is 6.61. The Morgan fingerprint density at radius 2 is 2.21 bits per heavy atom. The molecule has 1 aliphatic carbocycles. The Morgan fingerprint density at radius 1 is 1.42 bits per heavy atom. The Bertz CT molecular complexity index is 371. The summed E-state index contributed by atoms with van der Waals surface area (Å²) < 4.78 is 0. The monoisotopic (exact) mass is 281 g/mol. The highest BCUT2D eigenvalue weighted by molar-refractivity contribution is 7.13. The summed E-state index contributed by atoms with van der Waals surface area (Å²) in [6, 6.07) is 1.29. The molecular weight excluding hydrogens is 254 g/mol. The van der Waals surface area contributed by atoms with Crippen LogP contribution in [0.15, 0.2) is 5.38 Å². The molecule has 0 aromatic carbocycles. The van der Waals surface area contributed by atoms with Crippen molar-refractivity contribution in [3.05, 3.63) is 11.1 Å². The van der Waals surface area contributed by atoms with Crippen molar-refractivity contribution in [1.82, 2.24) is 10.3 Å². The molecule has 1 aromatic heterocycles. The van der Waals surface area contributed by atoms with E-state index >= 15 is 0 Å². The summed E-state index contributed by atoms with van der Waals surface area (Å²) in [7, 11) is 0. The van der Waals surface area contributed by atoms with Crippen LogP contribution in [0.4, 0.5) is 5.13 Å². The number of thiazole rings is 1. The summed E-state index contributed by atoms with van der Waals surface area (Å²) in [5, 5.41) is 6.93. The minimum Gasteiger partial charge on any atom is -0.346 e. The van der Waals surface area contributed by atoms with E-state index in [0.29, 0.717) is 6.04 Å². The zero-order valence-corrected chi connectivity index (χ0v) is 13.3. The van der Waals surface area contributed by atoms with Crippen LogP contribution in [0.1, 0.15) is 58.6 Å². The average Bonchev–Trinajstić information content (AvgIpc) is 3.10. The molecule has 1 fully saturated rings. The fourth-order valence-electron chi connectivity index (χ4n) is 2.15.